The molecular weight excluding hydrogens is 744 g/mol. The Balaban J connectivity index is 1.19. The minimum atomic E-state index is 0.193. The minimum absolute atomic E-state index is 0.193. The Morgan fingerprint density at radius 3 is 2.33 bits per heavy atom. The Kier molecular flexibility index (Phi) is 20.4. The number of aromatic hydroxyl groups is 1. The number of phenols is 1. The fraction of sp³-hybridized carbons (Fsp3) is 0.609. The van der Waals surface area contributed by atoms with E-state index in [2.05, 4.69) is 37.4 Å². The van der Waals surface area contributed by atoms with Gasteiger partial charge in [-0.2, -0.15) is 0 Å². The molecule has 1 saturated carbocycles. The predicted octanol–water partition coefficient (Wildman–Crippen LogP) is 8.84. The molecule has 1 heterocycles. The van der Waals surface area contributed by atoms with E-state index in [0.717, 1.165) is 79.2 Å². The van der Waals surface area contributed by atoms with Crippen LogP contribution in [0.15, 0.2) is 47.8 Å². The number of ether oxygens (including phenoxy) is 7. The first-order valence-electron chi connectivity index (χ1n) is 20.8. The monoisotopic (exact) mass is 812 g/mol. The zero-order chi connectivity index (χ0) is 40.9. The van der Waals surface area contributed by atoms with Crippen LogP contribution in [0.4, 0.5) is 0 Å². The van der Waals surface area contributed by atoms with Crippen LogP contribution in [0.1, 0.15) is 94.9 Å². The van der Waals surface area contributed by atoms with Crippen molar-refractivity contribution in [2.45, 2.75) is 91.6 Å². The average Bonchev–Trinajstić information content (AvgIpc) is 3.18. The van der Waals surface area contributed by atoms with Gasteiger partial charge in [0, 0.05) is 36.7 Å². The highest BCUT2D eigenvalue weighted by atomic mass is 35.5. The normalized spacial score (nSPS) is 17.5. The van der Waals surface area contributed by atoms with Crippen LogP contribution in [0, 0.1) is 11.3 Å². The number of unbranched alkanes of at least 4 members (excludes halogenated alkanes) is 3. The van der Waals surface area contributed by atoms with Gasteiger partial charge in [-0.1, -0.05) is 50.5 Å². The smallest absolute Gasteiger partial charge is 0.164 e. The molecule has 2 atom stereocenters. The molecule has 0 saturated heterocycles. The van der Waals surface area contributed by atoms with E-state index in [-0.39, 0.29) is 17.3 Å². The molecule has 2 aliphatic rings. The van der Waals surface area contributed by atoms with Crippen LogP contribution in [0.2, 0.25) is 0 Å². The lowest BCUT2D eigenvalue weighted by molar-refractivity contribution is -0.00708. The Bertz CT molecular complexity index is 1590. The van der Waals surface area contributed by atoms with Gasteiger partial charge in [-0.3, -0.25) is 0 Å². The standard InChI is InChI=1S/C46H69ClN2O8/c1-34(2)12-15-39-41(50)28-36(14-13-35-27-37-31-40-42(11-10-16-46(40,3)4)57-45(37)44(30-35)51-5)29-43(39)56-26-25-54-23-24-55-33-38(48)32-49-18-20-53-22-21-52-19-9-7-6-8-17-47/h12-14,27-30,32,40,42,49-50H,6-11,15-26,31,33,48H2,1-5H3/b14-13+,38-32-. The molecule has 1 aliphatic heterocycles. The summed E-state index contributed by atoms with van der Waals surface area (Å²) in [5.74, 6) is 3.67. The molecule has 0 radical (unpaired) electrons. The third-order valence-corrected chi connectivity index (χ3v) is 10.9. The first-order valence-corrected chi connectivity index (χ1v) is 21.4. The number of benzene rings is 2. The summed E-state index contributed by atoms with van der Waals surface area (Å²) in [7, 11) is 1.70. The van der Waals surface area contributed by atoms with E-state index in [0.29, 0.717) is 83.2 Å². The van der Waals surface area contributed by atoms with Gasteiger partial charge in [-0.05, 0) is 105 Å². The number of alkyl halides is 1. The van der Waals surface area contributed by atoms with Crippen LogP contribution in [0.5, 0.6) is 23.0 Å². The largest absolute Gasteiger partial charge is 0.507 e. The maximum absolute atomic E-state index is 11.1. The molecule has 10 nitrogen and oxygen atoms in total. The molecule has 57 heavy (non-hydrogen) atoms. The van der Waals surface area contributed by atoms with Crippen LogP contribution in [-0.2, 0) is 31.8 Å². The van der Waals surface area contributed by atoms with Crippen molar-refractivity contribution < 1.29 is 38.3 Å². The van der Waals surface area contributed by atoms with Crippen molar-refractivity contribution in [1.29, 1.82) is 0 Å². The summed E-state index contributed by atoms with van der Waals surface area (Å²) < 4.78 is 41.2. The van der Waals surface area contributed by atoms with Gasteiger partial charge < -0.3 is 49.3 Å². The molecule has 2 aromatic carbocycles. The number of hydrogen-bond acceptors (Lipinski definition) is 10. The van der Waals surface area contributed by atoms with Crippen molar-refractivity contribution in [2.24, 2.45) is 17.1 Å². The lowest BCUT2D eigenvalue weighted by Crippen LogP contribution is -2.45. The van der Waals surface area contributed by atoms with E-state index < -0.39 is 0 Å². The Labute approximate surface area is 347 Å². The summed E-state index contributed by atoms with van der Waals surface area (Å²) in [6, 6.07) is 7.99. The van der Waals surface area contributed by atoms with Gasteiger partial charge in [-0.15, -0.1) is 11.6 Å². The van der Waals surface area contributed by atoms with E-state index in [9.17, 15) is 5.11 Å². The van der Waals surface area contributed by atoms with Crippen molar-refractivity contribution in [2.75, 3.05) is 79.0 Å². The number of methoxy groups -OCH3 is 1. The Hall–Kier alpha value is -3.41. The molecule has 2 unspecified atom stereocenters. The molecule has 0 amide bonds. The summed E-state index contributed by atoms with van der Waals surface area (Å²) in [4.78, 5) is 0. The molecule has 1 fully saturated rings. The van der Waals surface area contributed by atoms with Crippen molar-refractivity contribution in [3.8, 4) is 23.0 Å². The fourth-order valence-corrected chi connectivity index (χ4v) is 7.54. The quantitative estimate of drug-likeness (QED) is 0.0349. The van der Waals surface area contributed by atoms with E-state index >= 15 is 0 Å². The van der Waals surface area contributed by atoms with Crippen LogP contribution in [-0.4, -0.2) is 90.2 Å². The summed E-state index contributed by atoms with van der Waals surface area (Å²) in [5, 5.41) is 14.3. The second kappa shape index (κ2) is 25.2. The third kappa shape index (κ3) is 16.0. The zero-order valence-electron chi connectivity index (χ0n) is 35.2. The summed E-state index contributed by atoms with van der Waals surface area (Å²) in [5.41, 5.74) is 11.8. The molecule has 1 aliphatic carbocycles. The van der Waals surface area contributed by atoms with Crippen molar-refractivity contribution in [1.82, 2.24) is 5.32 Å². The van der Waals surface area contributed by atoms with E-state index in [1.54, 1.807) is 19.4 Å². The Morgan fingerprint density at radius 2 is 1.58 bits per heavy atom. The molecule has 0 spiro atoms. The van der Waals surface area contributed by atoms with Crippen LogP contribution in [0.3, 0.4) is 0 Å². The third-order valence-electron chi connectivity index (χ3n) is 10.6. The topological polar surface area (TPSA) is 123 Å². The van der Waals surface area contributed by atoms with Gasteiger partial charge >= 0.3 is 0 Å². The molecule has 318 valence electrons. The molecule has 4 N–H and O–H groups in total. The predicted molar refractivity (Wildman–Crippen MR) is 231 cm³/mol. The highest BCUT2D eigenvalue weighted by molar-refractivity contribution is 6.17. The number of phenolic OH excluding ortho intramolecular Hbond substituents is 1. The first kappa shape index (κ1) is 46.3. The second-order valence-electron chi connectivity index (χ2n) is 15.9. The maximum Gasteiger partial charge on any atom is 0.164 e. The Morgan fingerprint density at radius 1 is 0.895 bits per heavy atom. The number of hydrogen-bond donors (Lipinski definition) is 3. The number of nitrogens with one attached hydrogen (secondary N) is 1. The zero-order valence-corrected chi connectivity index (χ0v) is 35.9. The van der Waals surface area contributed by atoms with E-state index in [4.69, 9.17) is 50.5 Å². The number of fused-ring (bicyclic) bond motifs is 2. The number of allylic oxidation sites excluding steroid dienone is 2. The molecule has 11 heteroatoms. The SMILES string of the molecule is COc1cc(/C=C/c2cc(O)c(CC=C(C)C)c(OCCOCCOC/C(N)=C/NCCOCCOCCCCCCCl)c2)cc2c1OC1CCCC(C)(C)C1C2. The summed E-state index contributed by atoms with van der Waals surface area (Å²) in [6.45, 7) is 13.8. The summed E-state index contributed by atoms with van der Waals surface area (Å²) >= 11 is 5.69. The maximum atomic E-state index is 11.1. The number of rotatable bonds is 27. The molecule has 4 rings (SSSR count). The lowest BCUT2D eigenvalue weighted by atomic mass is 9.64. The van der Waals surface area contributed by atoms with Gasteiger partial charge in [0.05, 0.1) is 59.1 Å². The van der Waals surface area contributed by atoms with Gasteiger partial charge in [0.25, 0.3) is 0 Å². The second-order valence-corrected chi connectivity index (χ2v) is 16.3. The van der Waals surface area contributed by atoms with Crippen molar-refractivity contribution in [3.05, 3.63) is 70.1 Å². The molecular formula is C46H69ClN2O8. The number of halogens is 1. The molecule has 2 aromatic rings. The fourth-order valence-electron chi connectivity index (χ4n) is 7.35. The van der Waals surface area contributed by atoms with Gasteiger partial charge in [-0.25, -0.2) is 0 Å². The van der Waals surface area contributed by atoms with Crippen LogP contribution < -0.4 is 25.3 Å². The van der Waals surface area contributed by atoms with Crippen LogP contribution >= 0.6 is 11.6 Å². The van der Waals surface area contributed by atoms with Crippen LogP contribution in [0.25, 0.3) is 12.2 Å². The molecule has 0 bridgehead atoms. The minimum Gasteiger partial charge on any atom is -0.507 e. The lowest BCUT2D eigenvalue weighted by Gasteiger charge is -2.47. The molecule has 0 aromatic heterocycles. The average molecular weight is 814 g/mol. The van der Waals surface area contributed by atoms with E-state index in [1.807, 2.05) is 32.1 Å². The highest BCUT2D eigenvalue weighted by Gasteiger charge is 2.43. The van der Waals surface area contributed by atoms with Gasteiger partial charge in [0.2, 0.25) is 0 Å². The summed E-state index contributed by atoms with van der Waals surface area (Å²) in [6.07, 6.45) is 17.6. The van der Waals surface area contributed by atoms with Gasteiger partial charge in [0.15, 0.2) is 11.5 Å². The first-order chi connectivity index (χ1) is 27.6. The van der Waals surface area contributed by atoms with Gasteiger partial charge in [0.1, 0.15) is 24.2 Å². The van der Waals surface area contributed by atoms with E-state index in [1.165, 1.54) is 24.0 Å². The van der Waals surface area contributed by atoms with Crippen molar-refractivity contribution in [3.63, 3.8) is 0 Å². The number of nitrogens with two attached hydrogens (primary N) is 1. The van der Waals surface area contributed by atoms with Crippen molar-refractivity contribution >= 4 is 23.8 Å². The highest BCUT2D eigenvalue weighted by Crippen LogP contribution is 2.50.